The van der Waals surface area contributed by atoms with E-state index in [0.29, 0.717) is 17.9 Å². The molecule has 3 nitrogen and oxygen atoms in total. The van der Waals surface area contributed by atoms with E-state index in [0.717, 1.165) is 20.3 Å². The van der Waals surface area contributed by atoms with Crippen LogP contribution in [0.3, 0.4) is 0 Å². The molecule has 21 heavy (non-hydrogen) atoms. The minimum atomic E-state index is -0.0257. The minimum absolute atomic E-state index is 0.0257. The molecule has 0 unspecified atom stereocenters. The standard InChI is InChI=1S/C16H14Br2O3/c1-10(19)14-5-3-12(17)8-16(14)21-9-11-7-13(20-2)4-6-15(11)18/h3-8H,9H2,1-2H3. The van der Waals surface area contributed by atoms with Crippen LogP contribution in [0.1, 0.15) is 22.8 Å². The average molecular weight is 414 g/mol. The number of hydrogen-bond acceptors (Lipinski definition) is 3. The number of Topliss-reactive ketones (excluding diaryl/α,β-unsaturated/α-hetero) is 1. The van der Waals surface area contributed by atoms with Crippen LogP contribution < -0.4 is 9.47 Å². The van der Waals surface area contributed by atoms with Crippen molar-refractivity contribution in [3.05, 3.63) is 56.5 Å². The van der Waals surface area contributed by atoms with Gasteiger partial charge in [-0.05, 0) is 43.3 Å². The number of carbonyl (C=O) groups is 1. The largest absolute Gasteiger partial charge is 0.497 e. The molecule has 2 rings (SSSR count). The summed E-state index contributed by atoms with van der Waals surface area (Å²) in [7, 11) is 1.62. The first-order valence-electron chi connectivity index (χ1n) is 6.27. The predicted octanol–water partition coefficient (Wildman–Crippen LogP) is 5.00. The first-order valence-corrected chi connectivity index (χ1v) is 7.85. The topological polar surface area (TPSA) is 35.5 Å². The first-order chi connectivity index (χ1) is 10.0. The van der Waals surface area contributed by atoms with Gasteiger partial charge in [-0.15, -0.1) is 0 Å². The molecule has 0 radical (unpaired) electrons. The van der Waals surface area contributed by atoms with E-state index in [-0.39, 0.29) is 5.78 Å². The highest BCUT2D eigenvalue weighted by molar-refractivity contribution is 9.10. The van der Waals surface area contributed by atoms with E-state index < -0.39 is 0 Å². The lowest BCUT2D eigenvalue weighted by Gasteiger charge is -2.12. The van der Waals surface area contributed by atoms with Gasteiger partial charge in [-0.3, -0.25) is 4.79 Å². The van der Waals surface area contributed by atoms with Crippen LogP contribution in [0.4, 0.5) is 0 Å². The summed E-state index contributed by atoms with van der Waals surface area (Å²) in [6.45, 7) is 1.87. The molecule has 110 valence electrons. The van der Waals surface area contributed by atoms with Gasteiger partial charge in [0.15, 0.2) is 5.78 Å². The van der Waals surface area contributed by atoms with E-state index in [2.05, 4.69) is 31.9 Å². The number of hydrogen-bond donors (Lipinski definition) is 0. The second-order valence-electron chi connectivity index (χ2n) is 4.44. The predicted molar refractivity (Wildman–Crippen MR) is 89.2 cm³/mol. The molecular weight excluding hydrogens is 400 g/mol. The number of ketones is 1. The fraction of sp³-hybridized carbons (Fsp3) is 0.188. The number of ether oxygens (including phenoxy) is 2. The summed E-state index contributed by atoms with van der Waals surface area (Å²) in [5.74, 6) is 1.30. The Hall–Kier alpha value is -1.33. The molecule has 2 aromatic rings. The van der Waals surface area contributed by atoms with Gasteiger partial charge in [-0.2, -0.15) is 0 Å². The number of rotatable bonds is 5. The Bertz CT molecular complexity index is 669. The lowest BCUT2D eigenvalue weighted by molar-refractivity contribution is 0.101. The van der Waals surface area contributed by atoms with Gasteiger partial charge in [-0.1, -0.05) is 31.9 Å². The van der Waals surface area contributed by atoms with Crippen LogP contribution in [0.25, 0.3) is 0 Å². The summed E-state index contributed by atoms with van der Waals surface area (Å²) < 4.78 is 12.8. The Labute approximate surface area is 140 Å². The van der Waals surface area contributed by atoms with Crippen LogP contribution in [0.2, 0.25) is 0 Å². The molecule has 0 atom stereocenters. The summed E-state index contributed by atoms with van der Waals surface area (Å²) in [5.41, 5.74) is 1.51. The van der Waals surface area contributed by atoms with Crippen molar-refractivity contribution in [2.75, 3.05) is 7.11 Å². The third kappa shape index (κ3) is 4.08. The highest BCUT2D eigenvalue weighted by Crippen LogP contribution is 2.27. The van der Waals surface area contributed by atoms with Gasteiger partial charge >= 0.3 is 0 Å². The molecule has 0 aliphatic rings. The van der Waals surface area contributed by atoms with Crippen LogP contribution in [0, 0.1) is 0 Å². The van der Waals surface area contributed by atoms with Gasteiger partial charge in [0.2, 0.25) is 0 Å². The maximum atomic E-state index is 11.6. The zero-order valence-electron chi connectivity index (χ0n) is 11.7. The third-order valence-electron chi connectivity index (χ3n) is 2.96. The Morgan fingerprint density at radius 1 is 1.14 bits per heavy atom. The van der Waals surface area contributed by atoms with Crippen LogP contribution in [0.15, 0.2) is 45.3 Å². The van der Waals surface area contributed by atoms with Crippen molar-refractivity contribution < 1.29 is 14.3 Å². The number of carbonyl (C=O) groups excluding carboxylic acids is 1. The summed E-state index contributed by atoms with van der Waals surface area (Å²) in [5, 5.41) is 0. The van der Waals surface area contributed by atoms with Gasteiger partial charge in [0.05, 0.1) is 12.7 Å². The summed E-state index contributed by atoms with van der Waals surface area (Å²) in [6.07, 6.45) is 0. The molecule has 0 amide bonds. The molecule has 0 aromatic heterocycles. The quantitative estimate of drug-likeness (QED) is 0.647. The Morgan fingerprint density at radius 3 is 2.57 bits per heavy atom. The maximum absolute atomic E-state index is 11.6. The van der Waals surface area contributed by atoms with E-state index in [1.807, 2.05) is 24.3 Å². The highest BCUT2D eigenvalue weighted by atomic mass is 79.9. The van der Waals surface area contributed by atoms with Crippen molar-refractivity contribution in [2.24, 2.45) is 0 Å². The smallest absolute Gasteiger partial charge is 0.163 e. The monoisotopic (exact) mass is 412 g/mol. The molecule has 0 heterocycles. The van der Waals surface area contributed by atoms with Gasteiger partial charge < -0.3 is 9.47 Å². The third-order valence-corrected chi connectivity index (χ3v) is 4.23. The normalized spacial score (nSPS) is 10.3. The summed E-state index contributed by atoms with van der Waals surface area (Å²) in [4.78, 5) is 11.6. The van der Waals surface area contributed by atoms with Crippen LogP contribution in [-0.2, 0) is 6.61 Å². The van der Waals surface area contributed by atoms with Crippen molar-refractivity contribution in [1.29, 1.82) is 0 Å². The lowest BCUT2D eigenvalue weighted by atomic mass is 10.1. The number of benzene rings is 2. The molecule has 0 aliphatic carbocycles. The van der Waals surface area contributed by atoms with Crippen LogP contribution >= 0.6 is 31.9 Å². The maximum Gasteiger partial charge on any atom is 0.163 e. The minimum Gasteiger partial charge on any atom is -0.497 e. The first kappa shape index (κ1) is 16.0. The molecule has 0 spiro atoms. The zero-order chi connectivity index (χ0) is 15.4. The molecule has 2 aromatic carbocycles. The van der Waals surface area contributed by atoms with E-state index in [1.165, 1.54) is 6.92 Å². The van der Waals surface area contributed by atoms with Gasteiger partial charge in [0, 0.05) is 14.5 Å². The number of methoxy groups -OCH3 is 1. The Kier molecular flexibility index (Phi) is 5.42. The molecule has 0 N–H and O–H groups in total. The second kappa shape index (κ2) is 7.09. The van der Waals surface area contributed by atoms with Crippen molar-refractivity contribution >= 4 is 37.6 Å². The van der Waals surface area contributed by atoms with E-state index in [9.17, 15) is 4.79 Å². The molecule has 0 fully saturated rings. The lowest BCUT2D eigenvalue weighted by Crippen LogP contribution is -2.02. The molecule has 0 saturated heterocycles. The molecule has 5 heteroatoms. The molecule has 0 aliphatic heterocycles. The van der Waals surface area contributed by atoms with Crippen molar-refractivity contribution in [3.63, 3.8) is 0 Å². The van der Waals surface area contributed by atoms with E-state index >= 15 is 0 Å². The van der Waals surface area contributed by atoms with E-state index in [4.69, 9.17) is 9.47 Å². The van der Waals surface area contributed by atoms with E-state index in [1.54, 1.807) is 19.2 Å². The zero-order valence-corrected chi connectivity index (χ0v) is 14.8. The van der Waals surface area contributed by atoms with Gasteiger partial charge in [0.1, 0.15) is 18.1 Å². The van der Waals surface area contributed by atoms with Crippen molar-refractivity contribution in [1.82, 2.24) is 0 Å². The second-order valence-corrected chi connectivity index (χ2v) is 6.21. The van der Waals surface area contributed by atoms with Crippen LogP contribution in [-0.4, -0.2) is 12.9 Å². The number of halogens is 2. The molecule has 0 saturated carbocycles. The average Bonchev–Trinajstić information content (AvgIpc) is 2.46. The van der Waals surface area contributed by atoms with Crippen molar-refractivity contribution in [2.45, 2.75) is 13.5 Å². The SMILES string of the molecule is COc1ccc(Br)c(COc2cc(Br)ccc2C(C)=O)c1. The fourth-order valence-corrected chi connectivity index (χ4v) is 2.55. The van der Waals surface area contributed by atoms with Crippen molar-refractivity contribution in [3.8, 4) is 11.5 Å². The molecule has 0 bridgehead atoms. The molecular formula is C16H14Br2O3. The van der Waals surface area contributed by atoms with Gasteiger partial charge in [0.25, 0.3) is 0 Å². The summed E-state index contributed by atoms with van der Waals surface area (Å²) in [6, 6.07) is 11.0. The van der Waals surface area contributed by atoms with Gasteiger partial charge in [-0.25, -0.2) is 0 Å². The Morgan fingerprint density at radius 2 is 1.90 bits per heavy atom. The fourth-order valence-electron chi connectivity index (χ4n) is 1.85. The Balaban J connectivity index is 2.24. The highest BCUT2D eigenvalue weighted by Gasteiger charge is 2.10. The van der Waals surface area contributed by atoms with Crippen LogP contribution in [0.5, 0.6) is 11.5 Å². The summed E-state index contributed by atoms with van der Waals surface area (Å²) >= 11 is 6.87.